The van der Waals surface area contributed by atoms with Crippen molar-refractivity contribution in [2.24, 2.45) is 5.73 Å². The Morgan fingerprint density at radius 3 is 2.24 bits per heavy atom. The van der Waals surface area contributed by atoms with Crippen LogP contribution < -0.4 is 5.73 Å². The second-order valence-electron chi connectivity index (χ2n) is 4.17. The monoisotopic (exact) mass is 253 g/mol. The summed E-state index contributed by atoms with van der Waals surface area (Å²) in [5.41, 5.74) is 6.55. The highest BCUT2D eigenvalue weighted by atomic mass is 32.2. The molecular weight excluding hydrogens is 238 g/mol. The predicted octanol–water partition coefficient (Wildman–Crippen LogP) is 1.88. The van der Waals surface area contributed by atoms with Gasteiger partial charge in [0.05, 0.1) is 0 Å². The number of nitrogens with two attached hydrogens (primary N) is 1. The van der Waals surface area contributed by atoms with E-state index in [4.69, 9.17) is 10.8 Å². The maximum Gasteiger partial charge on any atom is 0.319 e. The molecule has 1 aromatic carbocycles. The maximum absolute atomic E-state index is 10.9. The van der Waals surface area contributed by atoms with Gasteiger partial charge >= 0.3 is 5.97 Å². The van der Waals surface area contributed by atoms with Gasteiger partial charge in [0.15, 0.2) is 0 Å². The summed E-state index contributed by atoms with van der Waals surface area (Å²) in [6, 6.07) is 6.86. The molecule has 0 aliphatic heterocycles. The van der Waals surface area contributed by atoms with Gasteiger partial charge in [-0.25, -0.2) is 0 Å². The van der Waals surface area contributed by atoms with Crippen molar-refractivity contribution in [1.82, 2.24) is 0 Å². The molecule has 17 heavy (non-hydrogen) atoms. The zero-order chi connectivity index (χ0) is 13.1. The van der Waals surface area contributed by atoms with E-state index < -0.39 is 16.6 Å². The molecule has 0 spiro atoms. The van der Waals surface area contributed by atoms with Crippen molar-refractivity contribution in [3.05, 3.63) is 35.4 Å². The van der Waals surface area contributed by atoms with Gasteiger partial charge in [-0.3, -0.25) is 9.59 Å². The van der Waals surface area contributed by atoms with Crippen LogP contribution in [0.15, 0.2) is 24.3 Å². The SMILES string of the molecule is CC(C)(SCc1ccc(C(N)=O)cc1)C(=O)O. The third kappa shape index (κ3) is 3.78. The predicted molar refractivity (Wildman–Crippen MR) is 68.0 cm³/mol. The Balaban J connectivity index is 2.65. The van der Waals surface area contributed by atoms with Crippen molar-refractivity contribution in [1.29, 1.82) is 0 Å². The largest absolute Gasteiger partial charge is 0.480 e. The molecule has 0 aliphatic rings. The van der Waals surface area contributed by atoms with Crippen LogP contribution >= 0.6 is 11.8 Å². The zero-order valence-electron chi connectivity index (χ0n) is 9.77. The number of hydrogen-bond acceptors (Lipinski definition) is 3. The Labute approximate surface area is 104 Å². The molecule has 1 amide bonds. The van der Waals surface area contributed by atoms with Crippen LogP contribution in [0.25, 0.3) is 0 Å². The molecule has 0 unspecified atom stereocenters. The van der Waals surface area contributed by atoms with Crippen LogP contribution in [-0.4, -0.2) is 21.7 Å². The van der Waals surface area contributed by atoms with Crippen molar-refractivity contribution >= 4 is 23.6 Å². The standard InChI is InChI=1S/C12H15NO3S/c1-12(2,11(15)16)17-7-8-3-5-9(6-4-8)10(13)14/h3-6H,7H2,1-2H3,(H2,13,14)(H,15,16). The molecule has 92 valence electrons. The quantitative estimate of drug-likeness (QED) is 0.839. The minimum absolute atomic E-state index is 0.455. The molecular formula is C12H15NO3S. The Kier molecular flexibility index (Phi) is 4.17. The van der Waals surface area contributed by atoms with Crippen LogP contribution in [0.5, 0.6) is 0 Å². The molecule has 0 heterocycles. The number of primary amides is 1. The first-order chi connectivity index (χ1) is 7.83. The first-order valence-corrected chi connectivity index (χ1v) is 6.07. The first-order valence-electron chi connectivity index (χ1n) is 5.09. The highest BCUT2D eigenvalue weighted by molar-refractivity contribution is 8.00. The summed E-state index contributed by atoms with van der Waals surface area (Å²) >= 11 is 1.34. The minimum atomic E-state index is -0.837. The molecule has 0 fully saturated rings. The third-order valence-corrected chi connectivity index (χ3v) is 3.73. The van der Waals surface area contributed by atoms with Crippen LogP contribution in [0.4, 0.5) is 0 Å². The van der Waals surface area contributed by atoms with E-state index in [0.29, 0.717) is 11.3 Å². The number of carbonyl (C=O) groups is 2. The van der Waals surface area contributed by atoms with Crippen LogP contribution in [-0.2, 0) is 10.5 Å². The zero-order valence-corrected chi connectivity index (χ0v) is 10.6. The lowest BCUT2D eigenvalue weighted by Crippen LogP contribution is -2.27. The van der Waals surface area contributed by atoms with Crippen molar-refractivity contribution in [2.75, 3.05) is 0 Å². The average molecular weight is 253 g/mol. The van der Waals surface area contributed by atoms with Gasteiger partial charge in [0.2, 0.25) is 5.91 Å². The minimum Gasteiger partial charge on any atom is -0.480 e. The number of hydrogen-bond donors (Lipinski definition) is 2. The van der Waals surface area contributed by atoms with Crippen molar-refractivity contribution in [3.63, 3.8) is 0 Å². The van der Waals surface area contributed by atoms with E-state index in [0.717, 1.165) is 5.56 Å². The number of amides is 1. The molecule has 0 atom stereocenters. The van der Waals surface area contributed by atoms with E-state index in [1.807, 2.05) is 0 Å². The van der Waals surface area contributed by atoms with E-state index in [-0.39, 0.29) is 0 Å². The van der Waals surface area contributed by atoms with Gasteiger partial charge < -0.3 is 10.8 Å². The van der Waals surface area contributed by atoms with Gasteiger partial charge in [0.25, 0.3) is 0 Å². The van der Waals surface area contributed by atoms with Gasteiger partial charge in [-0.05, 0) is 31.5 Å². The van der Waals surface area contributed by atoms with Gasteiger partial charge in [0, 0.05) is 11.3 Å². The van der Waals surface area contributed by atoms with E-state index in [9.17, 15) is 9.59 Å². The molecule has 0 bridgehead atoms. The molecule has 3 N–H and O–H groups in total. The third-order valence-electron chi connectivity index (χ3n) is 2.35. The topological polar surface area (TPSA) is 80.4 Å². The van der Waals surface area contributed by atoms with Crippen molar-refractivity contribution < 1.29 is 14.7 Å². The van der Waals surface area contributed by atoms with Crippen LogP contribution in [0, 0.1) is 0 Å². The number of rotatable bonds is 5. The molecule has 4 nitrogen and oxygen atoms in total. The Bertz CT molecular complexity index is 426. The highest BCUT2D eigenvalue weighted by Gasteiger charge is 2.27. The van der Waals surface area contributed by atoms with Crippen LogP contribution in [0.3, 0.4) is 0 Å². The number of aliphatic carboxylic acids is 1. The first kappa shape index (κ1) is 13.6. The van der Waals surface area contributed by atoms with E-state index in [2.05, 4.69) is 0 Å². The molecule has 0 aliphatic carbocycles. The van der Waals surface area contributed by atoms with E-state index in [1.165, 1.54) is 11.8 Å². The molecule has 0 saturated heterocycles. The molecule has 0 aromatic heterocycles. The fourth-order valence-corrected chi connectivity index (χ4v) is 1.93. The number of thioether (sulfide) groups is 1. The molecule has 0 radical (unpaired) electrons. The van der Waals surface area contributed by atoms with Gasteiger partial charge in [-0.15, -0.1) is 11.8 Å². The van der Waals surface area contributed by atoms with Crippen LogP contribution in [0.1, 0.15) is 29.8 Å². The second-order valence-corrected chi connectivity index (χ2v) is 5.76. The summed E-state index contributed by atoms with van der Waals surface area (Å²) in [7, 11) is 0. The van der Waals surface area contributed by atoms with E-state index in [1.54, 1.807) is 38.1 Å². The summed E-state index contributed by atoms with van der Waals surface area (Å²) in [6.07, 6.45) is 0. The van der Waals surface area contributed by atoms with Gasteiger partial charge in [-0.1, -0.05) is 12.1 Å². The average Bonchev–Trinajstić information content (AvgIpc) is 2.27. The number of carboxylic acids is 1. The lowest BCUT2D eigenvalue weighted by Gasteiger charge is -2.18. The lowest BCUT2D eigenvalue weighted by atomic mass is 10.1. The summed E-state index contributed by atoms with van der Waals surface area (Å²) < 4.78 is -0.817. The Morgan fingerprint density at radius 2 is 1.82 bits per heavy atom. The highest BCUT2D eigenvalue weighted by Crippen LogP contribution is 2.28. The Morgan fingerprint density at radius 1 is 1.29 bits per heavy atom. The summed E-state index contributed by atoms with van der Waals surface area (Å²) in [5.74, 6) is -0.718. The van der Waals surface area contributed by atoms with Gasteiger partial charge in [0.1, 0.15) is 4.75 Å². The summed E-state index contributed by atoms with van der Waals surface area (Å²) in [4.78, 5) is 21.8. The summed E-state index contributed by atoms with van der Waals surface area (Å²) in [5, 5.41) is 8.95. The van der Waals surface area contributed by atoms with Crippen molar-refractivity contribution in [2.45, 2.75) is 24.3 Å². The maximum atomic E-state index is 10.9. The fourth-order valence-electron chi connectivity index (χ4n) is 1.09. The van der Waals surface area contributed by atoms with E-state index >= 15 is 0 Å². The normalized spacial score (nSPS) is 11.2. The smallest absolute Gasteiger partial charge is 0.319 e. The molecule has 1 rings (SSSR count). The number of carbonyl (C=O) groups excluding carboxylic acids is 1. The summed E-state index contributed by atoms with van der Waals surface area (Å²) in [6.45, 7) is 3.33. The molecule has 0 saturated carbocycles. The van der Waals surface area contributed by atoms with Gasteiger partial charge in [-0.2, -0.15) is 0 Å². The second kappa shape index (κ2) is 5.23. The van der Waals surface area contributed by atoms with Crippen LogP contribution in [0.2, 0.25) is 0 Å². The molecule has 1 aromatic rings. The molecule has 5 heteroatoms. The number of carboxylic acid groups (broad SMARTS) is 1. The van der Waals surface area contributed by atoms with Crippen molar-refractivity contribution in [3.8, 4) is 0 Å². The number of benzene rings is 1. The fraction of sp³-hybridized carbons (Fsp3) is 0.333. The Hall–Kier alpha value is -1.49. The lowest BCUT2D eigenvalue weighted by molar-refractivity contribution is -0.138.